The van der Waals surface area contributed by atoms with Crippen LogP contribution in [0.2, 0.25) is 0 Å². The maximum atomic E-state index is 14.7. The first kappa shape index (κ1) is 52.8. The first-order valence-corrected chi connectivity index (χ1v) is 24.9. The maximum absolute atomic E-state index is 14.7. The van der Waals surface area contributed by atoms with Crippen molar-refractivity contribution in [2.45, 2.75) is 130 Å². The third-order valence-electron chi connectivity index (χ3n) is 13.3. The highest BCUT2D eigenvalue weighted by Gasteiger charge is 2.43. The van der Waals surface area contributed by atoms with E-state index in [1.54, 1.807) is 40.1 Å². The lowest BCUT2D eigenvalue weighted by molar-refractivity contribution is -0.141. The molecule has 366 valence electrons. The minimum atomic E-state index is -0.761. The average molecular weight is 941 g/mol. The molecule has 0 aliphatic carbocycles. The summed E-state index contributed by atoms with van der Waals surface area (Å²) in [5, 5.41) is 11.9. The molecular weight excluding hydrogens is 865 g/mol. The fourth-order valence-corrected chi connectivity index (χ4v) is 9.76. The van der Waals surface area contributed by atoms with Gasteiger partial charge in [-0.2, -0.15) is 0 Å². The van der Waals surface area contributed by atoms with Crippen molar-refractivity contribution >= 4 is 46.8 Å². The maximum Gasteiger partial charge on any atom is 0.264 e. The molecule has 2 saturated heterocycles. The standard InChI is InChI=1S/C52H76N8O6S/c1-35(53-9)45(61)55-43(51(3,4)5)49(65)59-29-17-23-39(59)33-57(31-27-37-19-13-11-14-20-37)47(63)41-25-26-42(67-41)48(64)58(32-28-38-21-15-12-16-22-38)34-40-24-18-30-60(40)50(66)44(52(6,7)8)56-46(62)36(2)54-10/h11-16,19-22,25-26,35-36,39-40,43-44,53-54H,17-18,23-24,27-34H2,1-10H3,(H,55,61)(H,56,62)/t35-,36-,39-,40+,43+,44+/m0/s1. The number of benzene rings is 2. The number of amides is 6. The number of hydrogen-bond acceptors (Lipinski definition) is 9. The van der Waals surface area contributed by atoms with Crippen molar-refractivity contribution in [3.63, 3.8) is 0 Å². The molecule has 6 atom stereocenters. The number of rotatable bonds is 20. The molecule has 15 heteroatoms. The van der Waals surface area contributed by atoms with Crippen LogP contribution in [0.25, 0.3) is 0 Å². The summed E-state index contributed by atoms with van der Waals surface area (Å²) in [6, 6.07) is 20.4. The van der Waals surface area contributed by atoms with Gasteiger partial charge < -0.3 is 40.9 Å². The van der Waals surface area contributed by atoms with Crippen LogP contribution in [0.1, 0.15) is 112 Å². The van der Waals surface area contributed by atoms with Gasteiger partial charge in [-0.15, -0.1) is 11.3 Å². The van der Waals surface area contributed by atoms with Gasteiger partial charge in [-0.25, -0.2) is 0 Å². The van der Waals surface area contributed by atoms with Gasteiger partial charge in [0.15, 0.2) is 0 Å². The van der Waals surface area contributed by atoms with Gasteiger partial charge in [-0.05, 0) is 101 Å². The summed E-state index contributed by atoms with van der Waals surface area (Å²) < 4.78 is 0. The van der Waals surface area contributed by atoms with E-state index in [0.29, 0.717) is 74.7 Å². The van der Waals surface area contributed by atoms with Gasteiger partial charge in [0, 0.05) is 51.4 Å². The molecule has 14 nitrogen and oxygen atoms in total. The number of likely N-dealkylation sites (N-methyl/N-ethyl adjacent to an activating group) is 2. The van der Waals surface area contributed by atoms with Crippen LogP contribution in [-0.2, 0) is 32.0 Å². The Bertz CT molecular complexity index is 1990. The molecule has 5 rings (SSSR count). The number of nitrogens with zero attached hydrogens (tertiary/aromatic N) is 4. The summed E-state index contributed by atoms with van der Waals surface area (Å²) in [4.78, 5) is 92.5. The third kappa shape index (κ3) is 14.2. The van der Waals surface area contributed by atoms with E-state index < -0.39 is 35.0 Å². The van der Waals surface area contributed by atoms with Crippen molar-refractivity contribution in [2.75, 3.05) is 53.4 Å². The van der Waals surface area contributed by atoms with Crippen LogP contribution in [0.15, 0.2) is 72.8 Å². The first-order chi connectivity index (χ1) is 31.7. The molecule has 0 unspecified atom stereocenters. The predicted molar refractivity (Wildman–Crippen MR) is 266 cm³/mol. The smallest absolute Gasteiger partial charge is 0.264 e. The van der Waals surface area contributed by atoms with Gasteiger partial charge in [0.25, 0.3) is 11.8 Å². The van der Waals surface area contributed by atoms with Gasteiger partial charge in [-0.3, -0.25) is 28.8 Å². The number of carbonyl (C=O) groups excluding carboxylic acids is 6. The molecule has 3 aromatic rings. The van der Waals surface area contributed by atoms with Gasteiger partial charge in [0.2, 0.25) is 23.6 Å². The summed E-state index contributed by atoms with van der Waals surface area (Å²) in [6.07, 6.45) is 4.17. The molecule has 2 fully saturated rings. The number of hydrogen-bond donors (Lipinski definition) is 4. The fourth-order valence-electron chi connectivity index (χ4n) is 8.81. The Hall–Kier alpha value is -5.12. The predicted octanol–water partition coefficient (Wildman–Crippen LogP) is 5.38. The molecule has 2 aliphatic heterocycles. The number of carbonyl (C=O) groups is 6. The van der Waals surface area contributed by atoms with Crippen molar-refractivity contribution in [3.8, 4) is 0 Å². The lowest BCUT2D eigenvalue weighted by Gasteiger charge is -2.37. The van der Waals surface area contributed by atoms with Crippen molar-refractivity contribution in [3.05, 3.63) is 93.7 Å². The molecule has 0 bridgehead atoms. The van der Waals surface area contributed by atoms with Crippen molar-refractivity contribution in [1.82, 2.24) is 40.9 Å². The van der Waals surface area contributed by atoms with Crippen molar-refractivity contribution in [2.24, 2.45) is 10.8 Å². The normalized spacial score (nSPS) is 18.2. The zero-order chi connectivity index (χ0) is 49.1. The molecule has 0 saturated carbocycles. The second-order valence-electron chi connectivity index (χ2n) is 20.4. The van der Waals surface area contributed by atoms with E-state index in [-0.39, 0.29) is 47.5 Å². The van der Waals surface area contributed by atoms with Crippen LogP contribution in [0.5, 0.6) is 0 Å². The number of nitrogens with one attached hydrogen (secondary N) is 4. The largest absolute Gasteiger partial charge is 0.342 e. The van der Waals surface area contributed by atoms with Gasteiger partial charge >= 0.3 is 0 Å². The monoisotopic (exact) mass is 941 g/mol. The van der Waals surface area contributed by atoms with E-state index >= 15 is 0 Å². The molecule has 1 aromatic heterocycles. The Kier molecular flexibility index (Phi) is 18.7. The zero-order valence-electron chi connectivity index (χ0n) is 41.5. The Labute approximate surface area is 403 Å². The van der Waals surface area contributed by atoms with Gasteiger partial charge in [0.05, 0.1) is 21.8 Å². The molecule has 6 amide bonds. The van der Waals surface area contributed by atoms with E-state index in [1.165, 1.54) is 11.3 Å². The van der Waals surface area contributed by atoms with Crippen LogP contribution < -0.4 is 21.3 Å². The van der Waals surface area contributed by atoms with Crippen LogP contribution in [0.3, 0.4) is 0 Å². The summed E-state index contributed by atoms with van der Waals surface area (Å²) >= 11 is 1.17. The third-order valence-corrected chi connectivity index (χ3v) is 14.3. The molecule has 2 aromatic carbocycles. The summed E-state index contributed by atoms with van der Waals surface area (Å²) in [5.41, 5.74) is 1.03. The molecule has 0 spiro atoms. The average Bonchev–Trinajstić information content (AvgIpc) is 4.11. The van der Waals surface area contributed by atoms with Crippen LogP contribution >= 0.6 is 11.3 Å². The molecule has 2 aliphatic rings. The minimum absolute atomic E-state index is 0.161. The van der Waals surface area contributed by atoms with Crippen LogP contribution in [0, 0.1) is 10.8 Å². The SMILES string of the molecule is CN[C@@H](C)C(=O)N[C@H](C(=O)N1CCC[C@@H]1CN(CCc1ccccc1)C(=O)c1ccc(C(=O)N(CCc2ccccc2)C[C@@H]2CCCN2C(=O)[C@@H](NC(=O)[C@H](C)NC)C(C)(C)C)s1)C(C)(C)C. The highest BCUT2D eigenvalue weighted by atomic mass is 32.1. The fraction of sp³-hybridized carbons (Fsp3) is 0.577. The lowest BCUT2D eigenvalue weighted by atomic mass is 9.85. The highest BCUT2D eigenvalue weighted by molar-refractivity contribution is 7.15. The number of likely N-dealkylation sites (tertiary alicyclic amines) is 2. The van der Waals surface area contributed by atoms with E-state index in [1.807, 2.05) is 122 Å². The van der Waals surface area contributed by atoms with Crippen molar-refractivity contribution in [1.29, 1.82) is 0 Å². The quantitative estimate of drug-likeness (QED) is 0.118. The highest BCUT2D eigenvalue weighted by Crippen LogP contribution is 2.30. The second kappa shape index (κ2) is 23.7. The molecule has 4 N–H and O–H groups in total. The molecule has 3 heterocycles. The van der Waals surface area contributed by atoms with Gasteiger partial charge in [-0.1, -0.05) is 102 Å². The Balaban J connectivity index is 1.39. The first-order valence-electron chi connectivity index (χ1n) is 24.1. The summed E-state index contributed by atoms with van der Waals surface area (Å²) in [7, 11) is 3.41. The van der Waals surface area contributed by atoms with Crippen molar-refractivity contribution < 1.29 is 28.8 Å². The van der Waals surface area contributed by atoms with E-state index in [0.717, 1.165) is 24.0 Å². The minimum Gasteiger partial charge on any atom is -0.342 e. The number of thiophene rings is 1. The van der Waals surface area contributed by atoms with Crippen LogP contribution in [-0.4, -0.2) is 145 Å². The van der Waals surface area contributed by atoms with Crippen LogP contribution in [0.4, 0.5) is 0 Å². The summed E-state index contributed by atoms with van der Waals surface area (Å²) in [6.45, 7) is 17.6. The van der Waals surface area contributed by atoms with E-state index in [9.17, 15) is 28.8 Å². The van der Waals surface area contributed by atoms with E-state index in [4.69, 9.17) is 0 Å². The molecule has 0 radical (unpaired) electrons. The Morgan fingerprint density at radius 1 is 0.597 bits per heavy atom. The second-order valence-corrected chi connectivity index (χ2v) is 21.5. The van der Waals surface area contributed by atoms with E-state index in [2.05, 4.69) is 21.3 Å². The lowest BCUT2D eigenvalue weighted by Crippen LogP contribution is -2.59. The zero-order valence-corrected chi connectivity index (χ0v) is 42.3. The Morgan fingerprint density at radius 2 is 0.955 bits per heavy atom. The summed E-state index contributed by atoms with van der Waals surface area (Å²) in [5.74, 6) is -1.26. The molecule has 67 heavy (non-hydrogen) atoms. The Morgan fingerprint density at radius 3 is 1.28 bits per heavy atom. The topological polar surface area (TPSA) is 163 Å². The van der Waals surface area contributed by atoms with Gasteiger partial charge in [0.1, 0.15) is 12.1 Å². The molecular formula is C52H76N8O6S.